The molecule has 2 N–H and O–H groups in total. The van der Waals surface area contributed by atoms with Crippen LogP contribution >= 0.6 is 11.6 Å². The van der Waals surface area contributed by atoms with Gasteiger partial charge in [0.25, 0.3) is 0 Å². The molecule has 0 aliphatic rings. The minimum absolute atomic E-state index is 0.780. The fraction of sp³-hybridized carbons (Fsp3) is 0.500. The molecule has 0 radical (unpaired) electrons. The van der Waals surface area contributed by atoms with Gasteiger partial charge >= 0.3 is 0 Å². The second-order valence-corrected chi connectivity index (χ2v) is 3.95. The largest absolute Gasteiger partial charge is 0.330 e. The summed E-state index contributed by atoms with van der Waals surface area (Å²) in [6.07, 6.45) is 4.43. The number of benzene rings is 1. The number of hydrogen-bond donors (Lipinski definition) is 1. The maximum atomic E-state index is 5.96. The van der Waals surface area contributed by atoms with Crippen molar-refractivity contribution in [2.75, 3.05) is 6.54 Å². The highest BCUT2D eigenvalue weighted by Gasteiger charge is 2.01. The van der Waals surface area contributed by atoms with Gasteiger partial charge in [-0.05, 0) is 55.5 Å². The third-order valence-electron chi connectivity index (χ3n) is 2.45. The van der Waals surface area contributed by atoms with Gasteiger partial charge < -0.3 is 5.73 Å². The van der Waals surface area contributed by atoms with Crippen LogP contribution in [-0.4, -0.2) is 6.54 Å². The molecule has 0 spiro atoms. The van der Waals surface area contributed by atoms with Gasteiger partial charge in [0.2, 0.25) is 0 Å². The van der Waals surface area contributed by atoms with E-state index in [0.29, 0.717) is 0 Å². The van der Waals surface area contributed by atoms with Crippen molar-refractivity contribution in [3.8, 4) is 0 Å². The SMILES string of the molecule is CCc1ccc(Cl)cc1CCCCN. The second-order valence-electron chi connectivity index (χ2n) is 3.51. The molecular formula is C12H18ClN. The molecule has 1 rings (SSSR count). The van der Waals surface area contributed by atoms with Crippen molar-refractivity contribution in [3.63, 3.8) is 0 Å². The highest BCUT2D eigenvalue weighted by molar-refractivity contribution is 6.30. The molecule has 0 fully saturated rings. The Hall–Kier alpha value is -0.530. The molecule has 14 heavy (non-hydrogen) atoms. The normalized spacial score (nSPS) is 10.5. The summed E-state index contributed by atoms with van der Waals surface area (Å²) in [4.78, 5) is 0. The Balaban J connectivity index is 2.67. The van der Waals surface area contributed by atoms with Gasteiger partial charge in [0.05, 0.1) is 0 Å². The molecule has 0 bridgehead atoms. The summed E-state index contributed by atoms with van der Waals surface area (Å²) in [5.74, 6) is 0. The summed E-state index contributed by atoms with van der Waals surface area (Å²) in [6, 6.07) is 6.17. The zero-order valence-electron chi connectivity index (χ0n) is 8.72. The summed E-state index contributed by atoms with van der Waals surface area (Å²) in [5, 5.41) is 0.838. The first-order valence-electron chi connectivity index (χ1n) is 5.25. The first-order chi connectivity index (χ1) is 6.77. The number of nitrogens with two attached hydrogens (primary N) is 1. The van der Waals surface area contributed by atoms with Crippen molar-refractivity contribution in [2.24, 2.45) is 5.73 Å². The van der Waals surface area contributed by atoms with Crippen LogP contribution in [0.25, 0.3) is 0 Å². The molecule has 0 aliphatic carbocycles. The smallest absolute Gasteiger partial charge is 0.0408 e. The van der Waals surface area contributed by atoms with Crippen molar-refractivity contribution >= 4 is 11.6 Å². The third-order valence-corrected chi connectivity index (χ3v) is 2.68. The molecular weight excluding hydrogens is 194 g/mol. The summed E-state index contributed by atoms with van der Waals surface area (Å²) < 4.78 is 0. The van der Waals surface area contributed by atoms with E-state index in [-0.39, 0.29) is 0 Å². The molecule has 0 heterocycles. The average Bonchev–Trinajstić information content (AvgIpc) is 2.19. The van der Waals surface area contributed by atoms with Crippen molar-refractivity contribution in [1.29, 1.82) is 0 Å². The van der Waals surface area contributed by atoms with E-state index < -0.39 is 0 Å². The molecule has 0 saturated heterocycles. The summed E-state index contributed by atoms with van der Waals surface area (Å²) in [6.45, 7) is 2.96. The van der Waals surface area contributed by atoms with E-state index >= 15 is 0 Å². The predicted octanol–water partition coefficient (Wildman–Crippen LogP) is 3.18. The van der Waals surface area contributed by atoms with Gasteiger partial charge in [0.1, 0.15) is 0 Å². The molecule has 0 unspecified atom stereocenters. The van der Waals surface area contributed by atoms with Crippen LogP contribution in [0.4, 0.5) is 0 Å². The molecule has 1 aromatic rings. The van der Waals surface area contributed by atoms with Crippen molar-refractivity contribution < 1.29 is 0 Å². The lowest BCUT2D eigenvalue weighted by molar-refractivity contribution is 0.740. The van der Waals surface area contributed by atoms with E-state index in [0.717, 1.165) is 37.3 Å². The molecule has 0 aromatic heterocycles. The number of unbranched alkanes of at least 4 members (excludes halogenated alkanes) is 1. The quantitative estimate of drug-likeness (QED) is 0.744. The maximum Gasteiger partial charge on any atom is 0.0408 e. The lowest BCUT2D eigenvalue weighted by Gasteiger charge is -2.07. The van der Waals surface area contributed by atoms with E-state index in [1.54, 1.807) is 0 Å². The van der Waals surface area contributed by atoms with Gasteiger partial charge in [0.15, 0.2) is 0 Å². The minimum atomic E-state index is 0.780. The highest BCUT2D eigenvalue weighted by Crippen LogP contribution is 2.18. The number of aryl methyl sites for hydroxylation is 2. The highest BCUT2D eigenvalue weighted by atomic mass is 35.5. The molecule has 78 valence electrons. The van der Waals surface area contributed by atoms with Gasteiger partial charge in [-0.25, -0.2) is 0 Å². The van der Waals surface area contributed by atoms with E-state index in [4.69, 9.17) is 17.3 Å². The van der Waals surface area contributed by atoms with E-state index in [1.807, 2.05) is 6.07 Å². The lowest BCUT2D eigenvalue weighted by atomic mass is 10.0. The standard InChI is InChI=1S/C12H18ClN/c1-2-10-6-7-12(13)9-11(10)5-3-4-8-14/h6-7,9H,2-5,8,14H2,1H3. The Morgan fingerprint density at radius 3 is 2.64 bits per heavy atom. The molecule has 0 saturated carbocycles. The van der Waals surface area contributed by atoms with Gasteiger partial charge in [-0.3, -0.25) is 0 Å². The Kier molecular flexibility index (Phi) is 4.99. The van der Waals surface area contributed by atoms with E-state index in [2.05, 4.69) is 19.1 Å². The fourth-order valence-electron chi connectivity index (χ4n) is 1.63. The van der Waals surface area contributed by atoms with Gasteiger partial charge in [-0.15, -0.1) is 0 Å². The molecule has 0 amide bonds. The van der Waals surface area contributed by atoms with Gasteiger partial charge in [-0.1, -0.05) is 24.6 Å². The monoisotopic (exact) mass is 211 g/mol. The number of halogens is 1. The van der Waals surface area contributed by atoms with Crippen LogP contribution in [0.3, 0.4) is 0 Å². The Morgan fingerprint density at radius 2 is 2.00 bits per heavy atom. The first-order valence-corrected chi connectivity index (χ1v) is 5.63. The van der Waals surface area contributed by atoms with E-state index in [1.165, 1.54) is 11.1 Å². The van der Waals surface area contributed by atoms with E-state index in [9.17, 15) is 0 Å². The minimum Gasteiger partial charge on any atom is -0.330 e. The lowest BCUT2D eigenvalue weighted by Crippen LogP contribution is -2.00. The predicted molar refractivity (Wildman–Crippen MR) is 62.8 cm³/mol. The van der Waals surface area contributed by atoms with Crippen molar-refractivity contribution in [1.82, 2.24) is 0 Å². The Labute approximate surface area is 91.3 Å². The fourth-order valence-corrected chi connectivity index (χ4v) is 1.83. The van der Waals surface area contributed by atoms with Crippen molar-refractivity contribution in [2.45, 2.75) is 32.6 Å². The Bertz CT molecular complexity index is 284. The number of rotatable bonds is 5. The van der Waals surface area contributed by atoms with Crippen LogP contribution in [0.1, 0.15) is 30.9 Å². The topological polar surface area (TPSA) is 26.0 Å². The summed E-state index contributed by atoms with van der Waals surface area (Å²) in [7, 11) is 0. The maximum absolute atomic E-state index is 5.96. The van der Waals surface area contributed by atoms with Gasteiger partial charge in [-0.2, -0.15) is 0 Å². The van der Waals surface area contributed by atoms with Crippen LogP contribution in [0.5, 0.6) is 0 Å². The zero-order chi connectivity index (χ0) is 10.4. The summed E-state index contributed by atoms with van der Waals surface area (Å²) in [5.41, 5.74) is 8.26. The van der Waals surface area contributed by atoms with Crippen LogP contribution in [0.2, 0.25) is 5.02 Å². The summed E-state index contributed by atoms with van der Waals surface area (Å²) >= 11 is 5.96. The third kappa shape index (κ3) is 3.32. The zero-order valence-corrected chi connectivity index (χ0v) is 9.48. The van der Waals surface area contributed by atoms with Crippen LogP contribution in [0.15, 0.2) is 18.2 Å². The van der Waals surface area contributed by atoms with Crippen LogP contribution < -0.4 is 5.73 Å². The van der Waals surface area contributed by atoms with Crippen LogP contribution in [-0.2, 0) is 12.8 Å². The Morgan fingerprint density at radius 1 is 1.21 bits per heavy atom. The molecule has 1 aromatic carbocycles. The molecule has 2 heteroatoms. The van der Waals surface area contributed by atoms with Crippen LogP contribution in [0, 0.1) is 0 Å². The van der Waals surface area contributed by atoms with Crippen molar-refractivity contribution in [3.05, 3.63) is 34.3 Å². The molecule has 0 aliphatic heterocycles. The van der Waals surface area contributed by atoms with Gasteiger partial charge in [0, 0.05) is 5.02 Å². The first kappa shape index (κ1) is 11.5. The average molecular weight is 212 g/mol. The molecule has 1 nitrogen and oxygen atoms in total. The second kappa shape index (κ2) is 6.05. The molecule has 0 atom stereocenters. The number of hydrogen-bond acceptors (Lipinski definition) is 1.